The van der Waals surface area contributed by atoms with Crippen molar-refractivity contribution in [2.75, 3.05) is 5.32 Å². The third-order valence-electron chi connectivity index (χ3n) is 1.75. The van der Waals surface area contributed by atoms with Gasteiger partial charge in [0.1, 0.15) is 5.82 Å². The lowest BCUT2D eigenvalue weighted by Crippen LogP contribution is -2.40. The van der Waals surface area contributed by atoms with Gasteiger partial charge in [-0.2, -0.15) is 8.78 Å². The Labute approximate surface area is 97.4 Å². The Morgan fingerprint density at radius 3 is 2.41 bits per heavy atom. The summed E-state index contributed by atoms with van der Waals surface area (Å²) in [4.78, 5) is 10.8. The van der Waals surface area contributed by atoms with Gasteiger partial charge in [0.2, 0.25) is 0 Å². The zero-order valence-electron chi connectivity index (χ0n) is 7.99. The number of nitrogens with one attached hydrogen (secondary N) is 1. The molecule has 0 aliphatic rings. The molecular formula is C9H5ClF5NO. The highest BCUT2D eigenvalue weighted by atomic mass is 35.5. The number of hydrogen-bond acceptors (Lipinski definition) is 1. The Hall–Kier alpha value is -1.37. The Morgan fingerprint density at radius 2 is 1.94 bits per heavy atom. The van der Waals surface area contributed by atoms with Crippen LogP contribution in [0.2, 0.25) is 5.02 Å². The van der Waals surface area contributed by atoms with E-state index >= 15 is 0 Å². The Kier molecular flexibility index (Phi) is 3.92. The zero-order valence-corrected chi connectivity index (χ0v) is 8.74. The number of carbonyl (C=O) groups is 1. The molecule has 1 N–H and O–H groups in total. The van der Waals surface area contributed by atoms with Crippen LogP contribution in [0.15, 0.2) is 18.2 Å². The van der Waals surface area contributed by atoms with Crippen molar-refractivity contribution >= 4 is 23.2 Å². The molecule has 0 spiro atoms. The summed E-state index contributed by atoms with van der Waals surface area (Å²) >= 11 is 5.30. The molecule has 0 unspecified atom stereocenters. The highest BCUT2D eigenvalue weighted by molar-refractivity contribution is 6.30. The number of rotatable bonds is 3. The van der Waals surface area contributed by atoms with Gasteiger partial charge in [-0.3, -0.25) is 4.79 Å². The first kappa shape index (κ1) is 13.7. The van der Waals surface area contributed by atoms with Crippen LogP contribution in [0.4, 0.5) is 27.6 Å². The van der Waals surface area contributed by atoms with Crippen molar-refractivity contribution in [3.05, 3.63) is 29.0 Å². The van der Waals surface area contributed by atoms with E-state index < -0.39 is 29.8 Å². The van der Waals surface area contributed by atoms with E-state index in [4.69, 9.17) is 11.6 Å². The van der Waals surface area contributed by atoms with Gasteiger partial charge in [0.05, 0.1) is 5.02 Å². The molecule has 2 nitrogen and oxygen atoms in total. The predicted octanol–water partition coefficient (Wildman–Crippen LogP) is 3.32. The summed E-state index contributed by atoms with van der Waals surface area (Å²) in [7, 11) is 0. The van der Waals surface area contributed by atoms with E-state index in [9.17, 15) is 26.7 Å². The highest BCUT2D eigenvalue weighted by Gasteiger charge is 2.48. The molecule has 0 aliphatic heterocycles. The van der Waals surface area contributed by atoms with Crippen molar-refractivity contribution in [3.63, 3.8) is 0 Å². The number of alkyl halides is 4. The van der Waals surface area contributed by atoms with Gasteiger partial charge in [-0.1, -0.05) is 11.6 Å². The normalized spacial score (nSPS) is 11.7. The third-order valence-corrected chi connectivity index (χ3v) is 2.06. The first-order valence-corrected chi connectivity index (χ1v) is 4.55. The molecule has 1 aromatic carbocycles. The maximum Gasteiger partial charge on any atom is 0.383 e. The van der Waals surface area contributed by atoms with Gasteiger partial charge >= 0.3 is 18.3 Å². The second-order valence-corrected chi connectivity index (χ2v) is 3.41. The molecule has 0 bridgehead atoms. The summed E-state index contributed by atoms with van der Waals surface area (Å²) in [6, 6.07) is 2.64. The van der Waals surface area contributed by atoms with E-state index in [0.717, 1.165) is 12.1 Å². The van der Waals surface area contributed by atoms with Crippen molar-refractivity contribution in [3.8, 4) is 0 Å². The van der Waals surface area contributed by atoms with Crippen molar-refractivity contribution < 1.29 is 26.7 Å². The first-order valence-electron chi connectivity index (χ1n) is 4.17. The fourth-order valence-electron chi connectivity index (χ4n) is 0.887. The minimum atomic E-state index is -4.84. The highest BCUT2D eigenvalue weighted by Crippen LogP contribution is 2.25. The van der Waals surface area contributed by atoms with E-state index in [1.807, 2.05) is 0 Å². The molecule has 0 fully saturated rings. The summed E-state index contributed by atoms with van der Waals surface area (Å²) < 4.78 is 61.5. The average molecular weight is 274 g/mol. The molecule has 0 radical (unpaired) electrons. The maximum absolute atomic E-state index is 12.9. The predicted molar refractivity (Wildman–Crippen MR) is 51.0 cm³/mol. The van der Waals surface area contributed by atoms with Gasteiger partial charge < -0.3 is 5.32 Å². The van der Waals surface area contributed by atoms with Gasteiger partial charge in [0.15, 0.2) is 0 Å². The summed E-state index contributed by atoms with van der Waals surface area (Å²) in [6.07, 6.45) is -4.14. The second-order valence-electron chi connectivity index (χ2n) is 3.01. The number of benzene rings is 1. The van der Waals surface area contributed by atoms with Crippen LogP contribution in [0, 0.1) is 5.82 Å². The van der Waals surface area contributed by atoms with E-state index in [1.165, 1.54) is 5.32 Å². The van der Waals surface area contributed by atoms with Gasteiger partial charge in [-0.15, -0.1) is 0 Å². The minimum Gasteiger partial charge on any atom is -0.321 e. The molecule has 0 heterocycles. The molecule has 0 aromatic heterocycles. The molecular weight excluding hydrogens is 269 g/mol. The number of amides is 1. The van der Waals surface area contributed by atoms with E-state index in [0.29, 0.717) is 6.07 Å². The minimum absolute atomic E-state index is 0.288. The fourth-order valence-corrected chi connectivity index (χ4v) is 1.00. The van der Waals surface area contributed by atoms with Crippen molar-refractivity contribution in [2.45, 2.75) is 12.3 Å². The quantitative estimate of drug-likeness (QED) is 0.841. The third kappa shape index (κ3) is 3.06. The largest absolute Gasteiger partial charge is 0.383 e. The van der Waals surface area contributed by atoms with Crippen LogP contribution in [0.3, 0.4) is 0 Å². The van der Waals surface area contributed by atoms with Crippen molar-refractivity contribution in [1.82, 2.24) is 0 Å². The van der Waals surface area contributed by atoms with Crippen molar-refractivity contribution in [2.24, 2.45) is 0 Å². The molecule has 0 saturated carbocycles. The summed E-state index contributed by atoms with van der Waals surface area (Å²) in [6.45, 7) is 0. The average Bonchev–Trinajstić information content (AvgIpc) is 2.23. The molecule has 0 saturated heterocycles. The Balaban J connectivity index is 2.85. The first-order chi connectivity index (χ1) is 7.75. The smallest absolute Gasteiger partial charge is 0.321 e. The molecule has 8 heteroatoms. The second kappa shape index (κ2) is 4.87. The summed E-state index contributed by atoms with van der Waals surface area (Å²) in [5.74, 6) is -8.02. The van der Waals surface area contributed by atoms with Crippen LogP contribution >= 0.6 is 11.6 Å². The van der Waals surface area contributed by atoms with Gasteiger partial charge in [0.25, 0.3) is 0 Å². The summed E-state index contributed by atoms with van der Waals surface area (Å²) in [5.41, 5.74) is -0.391. The molecule has 0 aliphatic carbocycles. The van der Waals surface area contributed by atoms with Gasteiger partial charge in [0, 0.05) is 5.69 Å². The lowest BCUT2D eigenvalue weighted by molar-refractivity contribution is -0.163. The molecule has 1 amide bonds. The van der Waals surface area contributed by atoms with E-state index in [1.54, 1.807) is 0 Å². The molecule has 1 aromatic rings. The van der Waals surface area contributed by atoms with Crippen LogP contribution < -0.4 is 5.32 Å². The number of halogens is 6. The molecule has 0 atom stereocenters. The van der Waals surface area contributed by atoms with Gasteiger partial charge in [-0.05, 0) is 18.2 Å². The number of carbonyl (C=O) groups excluding carboxylic acids is 1. The topological polar surface area (TPSA) is 29.1 Å². The SMILES string of the molecule is O=C(Nc1ccc(Cl)c(F)c1)C(F)(F)C(F)F. The Morgan fingerprint density at radius 1 is 1.35 bits per heavy atom. The molecule has 94 valence electrons. The van der Waals surface area contributed by atoms with E-state index in [-0.39, 0.29) is 5.02 Å². The molecule has 17 heavy (non-hydrogen) atoms. The number of hydrogen-bond donors (Lipinski definition) is 1. The molecule has 1 rings (SSSR count). The van der Waals surface area contributed by atoms with Crippen LogP contribution in [-0.2, 0) is 4.79 Å². The lowest BCUT2D eigenvalue weighted by Gasteiger charge is -2.14. The zero-order chi connectivity index (χ0) is 13.2. The van der Waals surface area contributed by atoms with E-state index in [2.05, 4.69) is 0 Å². The fraction of sp³-hybridized carbons (Fsp3) is 0.222. The Bertz CT molecular complexity index is 437. The van der Waals surface area contributed by atoms with Gasteiger partial charge in [-0.25, -0.2) is 13.2 Å². The lowest BCUT2D eigenvalue weighted by atomic mass is 10.2. The van der Waals surface area contributed by atoms with Crippen molar-refractivity contribution in [1.29, 1.82) is 0 Å². The number of anilines is 1. The maximum atomic E-state index is 12.9. The monoisotopic (exact) mass is 273 g/mol. The standard InChI is InChI=1S/C9H5ClF5NO/c10-5-2-1-4(3-6(5)11)16-8(17)9(14,15)7(12)13/h1-3,7H,(H,16,17). The van der Waals surface area contributed by atoms with Crippen LogP contribution in [0.25, 0.3) is 0 Å². The van der Waals surface area contributed by atoms with Crippen LogP contribution in [0.1, 0.15) is 0 Å². The van der Waals surface area contributed by atoms with Crippen LogP contribution in [0.5, 0.6) is 0 Å². The summed E-state index contributed by atoms with van der Waals surface area (Å²) in [5, 5.41) is 1.18. The van der Waals surface area contributed by atoms with Crippen LogP contribution in [-0.4, -0.2) is 18.3 Å².